The maximum atomic E-state index is 13.1. The summed E-state index contributed by atoms with van der Waals surface area (Å²) in [5.41, 5.74) is 5.62. The van der Waals surface area contributed by atoms with Gasteiger partial charge in [-0.15, -0.1) is 0 Å². The molecule has 3 aromatic carbocycles. The molecular formula is C33H41N3O5S. The number of ether oxygens (including phenoxy) is 1. The van der Waals surface area contributed by atoms with E-state index in [1.165, 1.54) is 6.07 Å². The van der Waals surface area contributed by atoms with Gasteiger partial charge in [0, 0.05) is 38.3 Å². The van der Waals surface area contributed by atoms with Crippen molar-refractivity contribution in [1.29, 1.82) is 0 Å². The molecule has 1 fully saturated rings. The third kappa shape index (κ3) is 6.36. The lowest BCUT2D eigenvalue weighted by molar-refractivity contribution is 0.0981. The summed E-state index contributed by atoms with van der Waals surface area (Å²) in [6, 6.07) is 17.7. The molecule has 0 aliphatic heterocycles. The van der Waals surface area contributed by atoms with E-state index in [0.29, 0.717) is 17.7 Å². The molecule has 1 saturated carbocycles. The van der Waals surface area contributed by atoms with Crippen molar-refractivity contribution in [3.63, 3.8) is 0 Å². The lowest BCUT2D eigenvalue weighted by Crippen LogP contribution is -2.31. The predicted octanol–water partition coefficient (Wildman–Crippen LogP) is 7.30. The first-order chi connectivity index (χ1) is 20.0. The zero-order valence-corrected chi connectivity index (χ0v) is 25.3. The van der Waals surface area contributed by atoms with E-state index in [-0.39, 0.29) is 25.3 Å². The van der Waals surface area contributed by atoms with Gasteiger partial charge in [0.25, 0.3) is 15.9 Å². The Morgan fingerprint density at radius 3 is 2.48 bits per heavy atom. The zero-order valence-electron chi connectivity index (χ0n) is 24.4. The summed E-state index contributed by atoms with van der Waals surface area (Å²) >= 11 is 0. The van der Waals surface area contributed by atoms with Crippen LogP contribution >= 0.6 is 0 Å². The monoisotopic (exact) mass is 591 g/mol. The molecule has 0 atom stereocenters. The summed E-state index contributed by atoms with van der Waals surface area (Å²) in [6.45, 7) is 5.79. The highest BCUT2D eigenvalue weighted by Crippen LogP contribution is 2.30. The van der Waals surface area contributed by atoms with Crippen molar-refractivity contribution in [2.45, 2.75) is 69.8 Å². The Morgan fingerprint density at radius 1 is 1.02 bits per heavy atom. The number of aryl methyl sites for hydroxylation is 2. The maximum Gasteiger partial charge on any atom is 0.411 e. The number of carbonyl (C=O) groups is 2. The molecule has 0 unspecified atom stereocenters. The van der Waals surface area contributed by atoms with Gasteiger partial charge in [-0.05, 0) is 104 Å². The van der Waals surface area contributed by atoms with E-state index in [9.17, 15) is 18.0 Å². The molecule has 5 rings (SSSR count). The summed E-state index contributed by atoms with van der Waals surface area (Å²) in [7, 11) is -2.03. The van der Waals surface area contributed by atoms with Crippen molar-refractivity contribution in [1.82, 2.24) is 9.29 Å². The van der Waals surface area contributed by atoms with E-state index in [2.05, 4.69) is 20.8 Å². The smallest absolute Gasteiger partial charge is 0.411 e. The van der Waals surface area contributed by atoms with Crippen molar-refractivity contribution in [3.8, 4) is 0 Å². The number of aromatic nitrogens is 1. The number of rotatable bonds is 8. The Kier molecular flexibility index (Phi) is 8.41. The number of amides is 2. The van der Waals surface area contributed by atoms with Crippen molar-refractivity contribution < 1.29 is 25.6 Å². The largest absolute Gasteiger partial charge is 0.446 e. The normalized spacial score (nSPS) is 13.9. The van der Waals surface area contributed by atoms with Crippen molar-refractivity contribution >= 4 is 38.6 Å². The van der Waals surface area contributed by atoms with Gasteiger partial charge in [-0.1, -0.05) is 38.1 Å². The van der Waals surface area contributed by atoms with Crippen LogP contribution < -0.4 is 10.0 Å². The van der Waals surface area contributed by atoms with Crippen LogP contribution in [0.2, 0.25) is 0 Å². The predicted molar refractivity (Wildman–Crippen MR) is 169 cm³/mol. The summed E-state index contributed by atoms with van der Waals surface area (Å²) in [6.07, 6.45) is 6.24. The topological polar surface area (TPSA) is 107 Å². The second-order valence-electron chi connectivity index (χ2n) is 11.4. The molecule has 0 spiro atoms. The third-order valence-electron chi connectivity index (χ3n) is 7.92. The Labute approximate surface area is 250 Å². The van der Waals surface area contributed by atoms with Gasteiger partial charge in [-0.25, -0.2) is 17.9 Å². The Morgan fingerprint density at radius 2 is 1.76 bits per heavy atom. The van der Waals surface area contributed by atoms with Crippen molar-refractivity contribution in [2.75, 3.05) is 5.32 Å². The van der Waals surface area contributed by atoms with E-state index in [4.69, 9.17) is 4.74 Å². The van der Waals surface area contributed by atoms with E-state index >= 15 is 0 Å². The molecule has 9 heteroatoms. The van der Waals surface area contributed by atoms with Gasteiger partial charge < -0.3 is 9.30 Å². The molecule has 0 bridgehead atoms. The quantitative estimate of drug-likeness (QED) is 0.224. The number of benzene rings is 3. The van der Waals surface area contributed by atoms with Crippen LogP contribution in [0.4, 0.5) is 10.5 Å². The SMILES string of the molecule is Cc1ccccc1S(=O)(=O)NC(=O)c1ccc(Cc2cn(C)c3ccc(NC(=O)OC4CCCC4)cc23)c(C(C)C)c1.[HH].[HH]. The number of nitrogens with one attached hydrogen (secondary N) is 2. The zero-order chi connectivity index (χ0) is 30.0. The molecule has 42 heavy (non-hydrogen) atoms. The van der Waals surface area contributed by atoms with E-state index in [0.717, 1.165) is 53.3 Å². The van der Waals surface area contributed by atoms with Gasteiger partial charge in [0.2, 0.25) is 0 Å². The average Bonchev–Trinajstić information content (AvgIpc) is 3.55. The van der Waals surface area contributed by atoms with Crippen molar-refractivity contribution in [3.05, 3.63) is 94.7 Å². The first-order valence-corrected chi connectivity index (χ1v) is 15.8. The number of fused-ring (bicyclic) bond motifs is 1. The fourth-order valence-electron chi connectivity index (χ4n) is 5.73. The minimum atomic E-state index is -4.01. The van der Waals surface area contributed by atoms with Gasteiger partial charge in [-0.3, -0.25) is 10.1 Å². The average molecular weight is 592 g/mol. The van der Waals surface area contributed by atoms with Crippen LogP contribution in [0.1, 0.15) is 80.9 Å². The standard InChI is InChI=1S/C33H37N3O5S.2H2/c1-21(2)28-18-24(32(37)35-42(39,40)31-12-8-5-9-22(31)3)14-13-23(28)17-25-20-36(4)30-16-15-26(19-29(25)30)34-33(38)41-27-10-6-7-11-27;;/h5,8-9,12-16,18-21,27H,6-7,10-11,17H2,1-4H3,(H,34,38)(H,35,37);2*1H. The molecular weight excluding hydrogens is 550 g/mol. The highest BCUT2D eigenvalue weighted by molar-refractivity contribution is 7.90. The van der Waals surface area contributed by atoms with Crippen molar-refractivity contribution in [2.24, 2.45) is 7.05 Å². The van der Waals surface area contributed by atoms with E-state index < -0.39 is 22.0 Å². The van der Waals surface area contributed by atoms with Crippen LogP contribution in [0.15, 0.2) is 71.8 Å². The number of anilines is 1. The lowest BCUT2D eigenvalue weighted by atomic mass is 9.91. The van der Waals surface area contributed by atoms with Crippen LogP contribution in [-0.2, 0) is 28.2 Å². The van der Waals surface area contributed by atoms with E-state index in [1.54, 1.807) is 37.3 Å². The van der Waals surface area contributed by atoms with E-state index in [1.807, 2.05) is 45.2 Å². The van der Waals surface area contributed by atoms with Gasteiger partial charge in [-0.2, -0.15) is 0 Å². The molecule has 2 amide bonds. The fraction of sp³-hybridized carbons (Fsp3) is 0.333. The first-order valence-electron chi connectivity index (χ1n) is 14.3. The second-order valence-corrected chi connectivity index (χ2v) is 13.0. The summed E-state index contributed by atoms with van der Waals surface area (Å²) < 4.78 is 35.6. The van der Waals surface area contributed by atoms with Gasteiger partial charge in [0.15, 0.2) is 0 Å². The number of hydrogen-bond donors (Lipinski definition) is 2. The Bertz CT molecular complexity index is 1760. The molecule has 8 nitrogen and oxygen atoms in total. The molecule has 224 valence electrons. The third-order valence-corrected chi connectivity index (χ3v) is 9.41. The molecule has 1 heterocycles. The second kappa shape index (κ2) is 12.0. The van der Waals surface area contributed by atoms with Gasteiger partial charge in [0.05, 0.1) is 4.90 Å². The minimum absolute atomic E-state index is 0. The molecule has 1 aromatic heterocycles. The molecule has 2 N–H and O–H groups in total. The van der Waals surface area contributed by atoms with Gasteiger partial charge >= 0.3 is 6.09 Å². The first kappa shape index (κ1) is 29.4. The lowest BCUT2D eigenvalue weighted by Gasteiger charge is -2.15. The van der Waals surface area contributed by atoms with Crippen LogP contribution in [-0.4, -0.2) is 31.1 Å². The van der Waals surface area contributed by atoms with Crippen LogP contribution in [0.25, 0.3) is 10.9 Å². The Balaban J connectivity index is 0.00000264. The number of hydrogen-bond acceptors (Lipinski definition) is 5. The highest BCUT2D eigenvalue weighted by Gasteiger charge is 2.22. The number of sulfonamides is 1. The molecule has 0 saturated heterocycles. The fourth-order valence-corrected chi connectivity index (χ4v) is 6.95. The van der Waals surface area contributed by atoms with Crippen LogP contribution in [0.5, 0.6) is 0 Å². The highest BCUT2D eigenvalue weighted by atomic mass is 32.2. The minimum Gasteiger partial charge on any atom is -0.446 e. The molecule has 1 aliphatic rings. The number of carbonyl (C=O) groups excluding carboxylic acids is 2. The summed E-state index contributed by atoms with van der Waals surface area (Å²) in [4.78, 5) is 25.6. The Hall–Kier alpha value is -4.11. The maximum absolute atomic E-state index is 13.1. The molecule has 4 aromatic rings. The summed E-state index contributed by atoms with van der Waals surface area (Å²) in [5.74, 6) is -0.574. The van der Waals surface area contributed by atoms with Crippen LogP contribution in [0.3, 0.4) is 0 Å². The number of nitrogens with zero attached hydrogens (tertiary/aromatic N) is 1. The molecule has 0 radical (unpaired) electrons. The van der Waals surface area contributed by atoms with Gasteiger partial charge in [0.1, 0.15) is 6.10 Å². The van der Waals surface area contributed by atoms with Crippen LogP contribution in [0, 0.1) is 6.92 Å². The molecule has 1 aliphatic carbocycles. The summed E-state index contributed by atoms with van der Waals surface area (Å²) in [5, 5.41) is 3.89.